The number of esters is 1. The summed E-state index contributed by atoms with van der Waals surface area (Å²) in [6, 6.07) is 2.80. The van der Waals surface area contributed by atoms with Crippen LogP contribution in [0.3, 0.4) is 0 Å². The molecule has 1 rings (SSSR count). The predicted octanol–water partition coefficient (Wildman–Crippen LogP) is 3.04. The van der Waals surface area contributed by atoms with E-state index in [4.69, 9.17) is 4.74 Å². The number of pyridine rings is 1. The van der Waals surface area contributed by atoms with Crippen LogP contribution < -0.4 is 4.74 Å². The lowest BCUT2D eigenvalue weighted by atomic mass is 10.2. The third-order valence-corrected chi connectivity index (χ3v) is 1.79. The molecule has 1 aromatic rings. The van der Waals surface area contributed by atoms with Gasteiger partial charge in [-0.15, -0.1) is 0 Å². The van der Waals surface area contributed by atoms with Gasteiger partial charge in [0, 0.05) is 18.3 Å². The van der Waals surface area contributed by atoms with Crippen LogP contribution in [0, 0.1) is 0 Å². The lowest BCUT2D eigenvalue weighted by molar-refractivity contribution is -0.148. The SMILES string of the molecule is CC(C)(C)OC(=O)/C=C/c1ccc(OC(F)F)nc1. The van der Waals surface area contributed by atoms with Crippen molar-refractivity contribution in [3.05, 3.63) is 30.0 Å². The third-order valence-electron chi connectivity index (χ3n) is 1.79. The molecule has 0 radical (unpaired) electrons. The van der Waals surface area contributed by atoms with Crippen molar-refractivity contribution in [2.45, 2.75) is 33.0 Å². The summed E-state index contributed by atoms with van der Waals surface area (Å²) < 4.78 is 33.0. The largest absolute Gasteiger partial charge is 0.457 e. The molecule has 0 amide bonds. The van der Waals surface area contributed by atoms with Crippen molar-refractivity contribution in [3.8, 4) is 5.88 Å². The Morgan fingerprint density at radius 3 is 2.53 bits per heavy atom. The highest BCUT2D eigenvalue weighted by Gasteiger charge is 2.13. The quantitative estimate of drug-likeness (QED) is 0.624. The van der Waals surface area contributed by atoms with E-state index in [0.29, 0.717) is 5.56 Å². The molecule has 0 fully saturated rings. The first-order chi connectivity index (χ1) is 8.76. The second kappa shape index (κ2) is 6.26. The van der Waals surface area contributed by atoms with E-state index in [1.54, 1.807) is 20.8 Å². The molecule has 0 aliphatic rings. The minimum atomic E-state index is -2.91. The molecule has 1 aromatic heterocycles. The zero-order valence-corrected chi connectivity index (χ0v) is 10.9. The molecule has 0 aliphatic carbocycles. The predicted molar refractivity (Wildman–Crippen MR) is 65.7 cm³/mol. The molecule has 4 nitrogen and oxygen atoms in total. The molecule has 0 N–H and O–H groups in total. The lowest BCUT2D eigenvalue weighted by Gasteiger charge is -2.17. The molecule has 6 heteroatoms. The van der Waals surface area contributed by atoms with Crippen LogP contribution >= 0.6 is 0 Å². The molecule has 0 aliphatic heterocycles. The van der Waals surface area contributed by atoms with E-state index < -0.39 is 18.2 Å². The summed E-state index contributed by atoms with van der Waals surface area (Å²) in [5.41, 5.74) is 0.0155. The number of hydrogen-bond donors (Lipinski definition) is 0. The molecule has 1 heterocycles. The minimum absolute atomic E-state index is 0.176. The summed E-state index contributed by atoms with van der Waals surface area (Å²) in [7, 11) is 0. The van der Waals surface area contributed by atoms with Crippen molar-refractivity contribution in [1.29, 1.82) is 0 Å². The minimum Gasteiger partial charge on any atom is -0.457 e. The summed E-state index contributed by atoms with van der Waals surface area (Å²) in [5, 5.41) is 0. The first-order valence-corrected chi connectivity index (χ1v) is 5.58. The zero-order chi connectivity index (χ0) is 14.5. The normalized spacial score (nSPS) is 11.9. The molecule has 0 aromatic carbocycles. The van der Waals surface area contributed by atoms with Crippen molar-refractivity contribution in [2.75, 3.05) is 0 Å². The van der Waals surface area contributed by atoms with Gasteiger partial charge in [-0.3, -0.25) is 0 Å². The molecule has 0 atom stereocenters. The van der Waals surface area contributed by atoms with Gasteiger partial charge in [-0.1, -0.05) is 0 Å². The first kappa shape index (κ1) is 15.1. The monoisotopic (exact) mass is 271 g/mol. The molecular weight excluding hydrogens is 256 g/mol. The van der Waals surface area contributed by atoms with Gasteiger partial charge in [0.15, 0.2) is 0 Å². The highest BCUT2D eigenvalue weighted by molar-refractivity contribution is 5.87. The molecule has 0 saturated heterocycles. The van der Waals surface area contributed by atoms with E-state index in [1.807, 2.05) is 0 Å². The fourth-order valence-corrected chi connectivity index (χ4v) is 1.15. The second-order valence-corrected chi connectivity index (χ2v) is 4.68. The Hall–Kier alpha value is -1.98. The van der Waals surface area contributed by atoms with Crippen molar-refractivity contribution in [1.82, 2.24) is 4.98 Å². The molecule has 0 spiro atoms. The van der Waals surface area contributed by atoms with Gasteiger partial charge in [0.25, 0.3) is 0 Å². The highest BCUT2D eigenvalue weighted by Crippen LogP contribution is 2.12. The van der Waals surface area contributed by atoms with Crippen LogP contribution in [0.25, 0.3) is 6.08 Å². The van der Waals surface area contributed by atoms with Gasteiger partial charge in [-0.2, -0.15) is 8.78 Å². The third kappa shape index (κ3) is 6.49. The Morgan fingerprint density at radius 1 is 1.37 bits per heavy atom. The number of alkyl halides is 2. The summed E-state index contributed by atoms with van der Waals surface area (Å²) in [6.45, 7) is 2.38. The molecule has 0 bridgehead atoms. The van der Waals surface area contributed by atoms with Crippen LogP contribution in [0.4, 0.5) is 8.78 Å². The lowest BCUT2D eigenvalue weighted by Crippen LogP contribution is -2.22. The van der Waals surface area contributed by atoms with Gasteiger partial charge in [0.1, 0.15) is 5.60 Å². The van der Waals surface area contributed by atoms with Crippen LogP contribution in [-0.2, 0) is 9.53 Å². The summed E-state index contributed by atoms with van der Waals surface area (Å²) in [6.07, 6.45) is 4.04. The Labute approximate surface area is 110 Å². The number of rotatable bonds is 4. The van der Waals surface area contributed by atoms with E-state index in [2.05, 4.69) is 9.72 Å². The van der Waals surface area contributed by atoms with Gasteiger partial charge < -0.3 is 9.47 Å². The molecule has 104 valence electrons. The van der Waals surface area contributed by atoms with E-state index in [0.717, 1.165) is 0 Å². The summed E-state index contributed by atoms with van der Waals surface area (Å²) in [5.74, 6) is -0.662. The van der Waals surface area contributed by atoms with Gasteiger partial charge >= 0.3 is 12.6 Å². The van der Waals surface area contributed by atoms with Crippen LogP contribution in [0.5, 0.6) is 5.88 Å². The maximum Gasteiger partial charge on any atom is 0.388 e. The van der Waals surface area contributed by atoms with Crippen LogP contribution in [0.2, 0.25) is 0 Å². The Kier molecular flexibility index (Phi) is 4.97. The number of halogens is 2. The Balaban J connectivity index is 2.60. The van der Waals surface area contributed by atoms with E-state index in [9.17, 15) is 13.6 Å². The number of ether oxygens (including phenoxy) is 2. The first-order valence-electron chi connectivity index (χ1n) is 5.58. The maximum atomic E-state index is 11.9. The van der Waals surface area contributed by atoms with Crippen LogP contribution in [0.15, 0.2) is 24.4 Å². The summed E-state index contributed by atoms with van der Waals surface area (Å²) in [4.78, 5) is 15.1. The average Bonchev–Trinajstić information content (AvgIpc) is 2.25. The smallest absolute Gasteiger partial charge is 0.388 e. The molecule has 0 saturated carbocycles. The second-order valence-electron chi connectivity index (χ2n) is 4.68. The maximum absolute atomic E-state index is 11.9. The Morgan fingerprint density at radius 2 is 2.05 bits per heavy atom. The van der Waals surface area contributed by atoms with E-state index in [1.165, 1.54) is 30.5 Å². The highest BCUT2D eigenvalue weighted by atomic mass is 19.3. The number of carbonyl (C=O) groups excluding carboxylic acids is 1. The van der Waals surface area contributed by atoms with E-state index >= 15 is 0 Å². The van der Waals surface area contributed by atoms with Crippen LogP contribution in [0.1, 0.15) is 26.3 Å². The van der Waals surface area contributed by atoms with Crippen molar-refractivity contribution in [3.63, 3.8) is 0 Å². The van der Waals surface area contributed by atoms with Gasteiger partial charge in [-0.05, 0) is 38.5 Å². The van der Waals surface area contributed by atoms with Crippen LogP contribution in [-0.4, -0.2) is 23.2 Å². The average molecular weight is 271 g/mol. The molecule has 19 heavy (non-hydrogen) atoms. The number of carbonyl (C=O) groups is 1. The topological polar surface area (TPSA) is 48.4 Å². The fourth-order valence-electron chi connectivity index (χ4n) is 1.15. The fraction of sp³-hybridized carbons (Fsp3) is 0.385. The Bertz CT molecular complexity index is 450. The number of aromatic nitrogens is 1. The molecule has 0 unspecified atom stereocenters. The van der Waals surface area contributed by atoms with Crippen molar-refractivity contribution >= 4 is 12.0 Å². The van der Waals surface area contributed by atoms with Gasteiger partial charge in [0.05, 0.1) is 0 Å². The zero-order valence-electron chi connectivity index (χ0n) is 10.9. The van der Waals surface area contributed by atoms with E-state index in [-0.39, 0.29) is 5.88 Å². The van der Waals surface area contributed by atoms with Crippen molar-refractivity contribution in [2.24, 2.45) is 0 Å². The number of hydrogen-bond acceptors (Lipinski definition) is 4. The van der Waals surface area contributed by atoms with Gasteiger partial charge in [0.2, 0.25) is 5.88 Å². The summed E-state index contributed by atoms with van der Waals surface area (Å²) >= 11 is 0. The number of nitrogens with zero attached hydrogens (tertiary/aromatic N) is 1. The molecular formula is C13H15F2NO3. The van der Waals surface area contributed by atoms with Crippen molar-refractivity contribution < 1.29 is 23.0 Å². The standard InChI is InChI=1S/C13H15F2NO3/c1-13(2,3)19-11(17)7-5-9-4-6-10(16-8-9)18-12(14)15/h4-8,12H,1-3H3/b7-5+. The van der Waals surface area contributed by atoms with Gasteiger partial charge in [-0.25, -0.2) is 9.78 Å².